The lowest BCUT2D eigenvalue weighted by Gasteiger charge is -2.41. The first-order valence-electron chi connectivity index (χ1n) is 9.92. The van der Waals surface area contributed by atoms with Gasteiger partial charge in [0.15, 0.2) is 5.13 Å². The number of aryl methyl sites for hydroxylation is 1. The zero-order valence-electron chi connectivity index (χ0n) is 16.4. The van der Waals surface area contributed by atoms with Gasteiger partial charge in [0.1, 0.15) is 0 Å². The molecular formula is C22H28N4OS. The van der Waals surface area contributed by atoms with Crippen molar-refractivity contribution >= 4 is 11.3 Å². The molecular weight excluding hydrogens is 368 g/mol. The average Bonchev–Trinajstić information content (AvgIpc) is 3.37. The summed E-state index contributed by atoms with van der Waals surface area (Å²) in [6.07, 6.45) is 4.76. The van der Waals surface area contributed by atoms with E-state index < -0.39 is 0 Å². The summed E-state index contributed by atoms with van der Waals surface area (Å²) in [7, 11) is 0. The largest absolute Gasteiger partial charge is 0.396 e. The Bertz CT molecular complexity index is 859. The minimum atomic E-state index is 0.235. The van der Waals surface area contributed by atoms with Crippen molar-refractivity contribution in [2.24, 2.45) is 0 Å². The molecule has 1 N–H and O–H groups in total. The van der Waals surface area contributed by atoms with E-state index in [0.29, 0.717) is 6.04 Å². The monoisotopic (exact) mass is 396 g/mol. The van der Waals surface area contributed by atoms with E-state index in [1.54, 1.807) is 11.3 Å². The molecule has 1 aromatic carbocycles. The van der Waals surface area contributed by atoms with Crippen LogP contribution < -0.4 is 0 Å². The molecule has 0 spiro atoms. The zero-order chi connectivity index (χ0) is 19.3. The lowest BCUT2D eigenvalue weighted by molar-refractivity contribution is 0.0492. The average molecular weight is 397 g/mol. The number of piperazine rings is 1. The Balaban J connectivity index is 1.42. The summed E-state index contributed by atoms with van der Waals surface area (Å²) in [6.45, 7) is 7.26. The molecule has 0 unspecified atom stereocenters. The second-order valence-corrected chi connectivity index (χ2v) is 8.41. The van der Waals surface area contributed by atoms with E-state index in [1.807, 2.05) is 11.6 Å². The topological polar surface area (TPSA) is 44.5 Å². The summed E-state index contributed by atoms with van der Waals surface area (Å²) in [5, 5.41) is 12.6. The summed E-state index contributed by atoms with van der Waals surface area (Å²) >= 11 is 1.66. The van der Waals surface area contributed by atoms with Gasteiger partial charge in [0.05, 0.1) is 0 Å². The molecule has 5 nitrogen and oxygen atoms in total. The Kier molecular flexibility index (Phi) is 6.22. The zero-order valence-corrected chi connectivity index (χ0v) is 17.2. The van der Waals surface area contributed by atoms with Crippen LogP contribution in [-0.4, -0.2) is 56.7 Å². The van der Waals surface area contributed by atoms with Gasteiger partial charge in [-0.1, -0.05) is 29.8 Å². The van der Waals surface area contributed by atoms with Gasteiger partial charge in [-0.15, -0.1) is 11.3 Å². The van der Waals surface area contributed by atoms with Crippen LogP contribution in [0.3, 0.4) is 0 Å². The van der Waals surface area contributed by atoms with Crippen LogP contribution in [0.25, 0.3) is 5.13 Å². The van der Waals surface area contributed by atoms with Gasteiger partial charge in [-0.25, -0.2) is 4.98 Å². The van der Waals surface area contributed by atoms with Gasteiger partial charge >= 0.3 is 0 Å². The molecule has 0 radical (unpaired) electrons. The highest BCUT2D eigenvalue weighted by Crippen LogP contribution is 2.21. The minimum absolute atomic E-state index is 0.235. The lowest BCUT2D eigenvalue weighted by atomic mass is 10.1. The van der Waals surface area contributed by atoms with Gasteiger partial charge in [0.25, 0.3) is 0 Å². The fraction of sp³-hybridized carbons (Fsp3) is 0.409. The molecule has 0 aliphatic carbocycles. The molecule has 3 aromatic rings. The molecule has 3 heterocycles. The smallest absolute Gasteiger partial charge is 0.193 e. The molecule has 0 bridgehead atoms. The molecule has 2 aromatic heterocycles. The Morgan fingerprint density at radius 1 is 1.14 bits per heavy atom. The quantitative estimate of drug-likeness (QED) is 0.665. The lowest BCUT2D eigenvalue weighted by Crippen LogP contribution is -2.52. The number of nitrogens with zero attached hydrogens (tertiary/aromatic N) is 4. The Morgan fingerprint density at radius 2 is 2.00 bits per heavy atom. The number of aromatic nitrogens is 2. The van der Waals surface area contributed by atoms with Crippen LogP contribution in [0, 0.1) is 6.92 Å². The van der Waals surface area contributed by atoms with Crippen LogP contribution in [0.1, 0.15) is 23.2 Å². The third-order valence-corrected chi connectivity index (χ3v) is 6.27. The number of hydrogen-bond donors (Lipinski definition) is 1. The van der Waals surface area contributed by atoms with E-state index in [4.69, 9.17) is 0 Å². The highest BCUT2D eigenvalue weighted by molar-refractivity contribution is 7.12. The number of thiazole rings is 1. The van der Waals surface area contributed by atoms with Gasteiger partial charge in [0.2, 0.25) is 0 Å². The van der Waals surface area contributed by atoms with Crippen LogP contribution in [0.4, 0.5) is 0 Å². The maximum Gasteiger partial charge on any atom is 0.193 e. The van der Waals surface area contributed by atoms with Crippen LogP contribution in [0.15, 0.2) is 54.2 Å². The molecule has 1 aliphatic rings. The molecule has 0 amide bonds. The van der Waals surface area contributed by atoms with Crippen LogP contribution in [-0.2, 0) is 13.1 Å². The highest BCUT2D eigenvalue weighted by Gasteiger charge is 2.27. The number of aliphatic hydroxyl groups is 1. The fourth-order valence-corrected chi connectivity index (χ4v) is 4.61. The van der Waals surface area contributed by atoms with E-state index in [9.17, 15) is 5.11 Å². The highest BCUT2D eigenvalue weighted by atomic mass is 32.1. The second-order valence-electron chi connectivity index (χ2n) is 7.54. The third-order valence-electron chi connectivity index (χ3n) is 5.50. The van der Waals surface area contributed by atoms with Crippen molar-refractivity contribution in [3.05, 3.63) is 71.0 Å². The van der Waals surface area contributed by atoms with Gasteiger partial charge in [-0.2, -0.15) is 0 Å². The minimum Gasteiger partial charge on any atom is -0.396 e. The van der Waals surface area contributed by atoms with Crippen molar-refractivity contribution in [1.82, 2.24) is 19.4 Å². The van der Waals surface area contributed by atoms with Crippen molar-refractivity contribution < 1.29 is 5.11 Å². The van der Waals surface area contributed by atoms with Gasteiger partial charge in [0, 0.05) is 68.8 Å². The molecule has 1 aliphatic heterocycles. The van der Waals surface area contributed by atoms with Crippen molar-refractivity contribution in [1.29, 1.82) is 0 Å². The number of hydrogen-bond acceptors (Lipinski definition) is 5. The summed E-state index contributed by atoms with van der Waals surface area (Å²) in [6, 6.07) is 13.5. The van der Waals surface area contributed by atoms with Crippen molar-refractivity contribution in [2.45, 2.75) is 32.5 Å². The summed E-state index contributed by atoms with van der Waals surface area (Å²) in [4.78, 5) is 9.47. The first kappa shape index (κ1) is 19.3. The first-order chi connectivity index (χ1) is 13.7. The Labute approximate surface area is 170 Å². The molecule has 1 atom stereocenters. The van der Waals surface area contributed by atoms with E-state index in [-0.39, 0.29) is 6.61 Å². The standard InChI is InChI=1S/C22H28N4OS/c1-18-4-6-19(7-5-18)15-25-12-11-24(16-20(25)8-13-27)17-21-3-2-10-26(21)22-23-9-14-28-22/h2-7,9-10,14,20,27H,8,11-13,15-17H2,1H3/t20-/m0/s1. The van der Waals surface area contributed by atoms with Crippen LogP contribution in [0.2, 0.25) is 0 Å². The molecule has 4 rings (SSSR count). The summed E-state index contributed by atoms with van der Waals surface area (Å²) < 4.78 is 2.18. The number of rotatable bonds is 7. The summed E-state index contributed by atoms with van der Waals surface area (Å²) in [5.41, 5.74) is 3.91. The Morgan fingerprint density at radius 3 is 2.75 bits per heavy atom. The predicted molar refractivity (Wildman–Crippen MR) is 114 cm³/mol. The molecule has 0 saturated carbocycles. The van der Waals surface area contributed by atoms with E-state index in [2.05, 4.69) is 68.9 Å². The Hall–Kier alpha value is -1.99. The first-order valence-corrected chi connectivity index (χ1v) is 10.8. The maximum atomic E-state index is 9.59. The number of benzene rings is 1. The normalized spacial score (nSPS) is 18.6. The predicted octanol–water partition coefficient (Wildman–Crippen LogP) is 3.31. The van der Waals surface area contributed by atoms with E-state index in [0.717, 1.165) is 44.3 Å². The van der Waals surface area contributed by atoms with Crippen LogP contribution >= 0.6 is 11.3 Å². The molecule has 1 saturated heterocycles. The second kappa shape index (κ2) is 9.01. The van der Waals surface area contributed by atoms with E-state index in [1.165, 1.54) is 16.8 Å². The van der Waals surface area contributed by atoms with Crippen molar-refractivity contribution in [3.8, 4) is 5.13 Å². The third kappa shape index (κ3) is 4.52. The SMILES string of the molecule is Cc1ccc(CN2CCN(Cc3cccn3-c3nccs3)C[C@@H]2CCO)cc1. The molecule has 148 valence electrons. The fourth-order valence-electron chi connectivity index (χ4n) is 3.96. The van der Waals surface area contributed by atoms with Gasteiger partial charge < -0.3 is 5.11 Å². The summed E-state index contributed by atoms with van der Waals surface area (Å²) in [5.74, 6) is 0. The van der Waals surface area contributed by atoms with Gasteiger partial charge in [-0.05, 0) is 31.0 Å². The molecule has 6 heteroatoms. The maximum absolute atomic E-state index is 9.59. The number of aliphatic hydroxyl groups excluding tert-OH is 1. The van der Waals surface area contributed by atoms with E-state index >= 15 is 0 Å². The molecule has 1 fully saturated rings. The van der Waals surface area contributed by atoms with Gasteiger partial charge in [-0.3, -0.25) is 14.4 Å². The van der Waals surface area contributed by atoms with Crippen molar-refractivity contribution in [3.63, 3.8) is 0 Å². The van der Waals surface area contributed by atoms with Crippen LogP contribution in [0.5, 0.6) is 0 Å². The molecule has 28 heavy (non-hydrogen) atoms. The van der Waals surface area contributed by atoms with Crippen molar-refractivity contribution in [2.75, 3.05) is 26.2 Å².